The maximum atomic E-state index is 13.0. The van der Waals surface area contributed by atoms with Crippen molar-refractivity contribution in [1.82, 2.24) is 5.32 Å². The number of ether oxygens (including phenoxy) is 1. The van der Waals surface area contributed by atoms with Gasteiger partial charge in [0.05, 0.1) is 11.3 Å². The molecule has 126 valence electrons. The van der Waals surface area contributed by atoms with Crippen molar-refractivity contribution in [2.45, 2.75) is 6.23 Å². The van der Waals surface area contributed by atoms with Crippen molar-refractivity contribution >= 4 is 41.2 Å². The van der Waals surface area contributed by atoms with Gasteiger partial charge in [-0.2, -0.15) is 4.74 Å². The first-order valence-electron chi connectivity index (χ1n) is 7.13. The highest BCUT2D eigenvalue weighted by Crippen LogP contribution is 2.29. The van der Waals surface area contributed by atoms with Crippen molar-refractivity contribution in [3.8, 4) is 0 Å². The number of amidine groups is 1. The lowest BCUT2D eigenvalue weighted by molar-refractivity contribution is -0.530. The average Bonchev–Trinajstić information content (AvgIpc) is 2.68. The Balaban J connectivity index is 0.00000208. The molecule has 0 saturated heterocycles. The monoisotopic (exact) mass is 365 g/mol. The van der Waals surface area contributed by atoms with Gasteiger partial charge in [0.2, 0.25) is 11.5 Å². The van der Waals surface area contributed by atoms with Crippen molar-refractivity contribution in [3.63, 3.8) is 0 Å². The third-order valence-corrected chi connectivity index (χ3v) is 3.88. The first kappa shape index (κ1) is 18.3. The summed E-state index contributed by atoms with van der Waals surface area (Å²) in [7, 11) is 3.19. The van der Waals surface area contributed by atoms with E-state index < -0.39 is 6.23 Å². The first-order chi connectivity index (χ1) is 11.2. The highest BCUT2D eigenvalue weighted by atomic mass is 35.5. The second-order valence-electron chi connectivity index (χ2n) is 5.04. The van der Waals surface area contributed by atoms with Crippen LogP contribution >= 0.6 is 24.0 Å². The lowest BCUT2D eigenvalue weighted by atomic mass is 10.0. The molecule has 0 radical (unpaired) electrons. The Morgan fingerprint density at radius 2 is 1.92 bits per heavy atom. The SMILES string of the molecule is CNC1=Nc2ccc(Cl)cc2C(c2ccccc2)=[N+]([O-])C1OC.Cl. The van der Waals surface area contributed by atoms with Gasteiger partial charge < -0.3 is 15.3 Å². The fraction of sp³-hybridized carbons (Fsp3) is 0.176. The van der Waals surface area contributed by atoms with Gasteiger partial charge in [-0.05, 0) is 30.3 Å². The van der Waals surface area contributed by atoms with Crippen LogP contribution in [0, 0.1) is 5.21 Å². The maximum Gasteiger partial charge on any atom is 0.327 e. The van der Waals surface area contributed by atoms with E-state index in [2.05, 4.69) is 10.3 Å². The molecule has 0 aliphatic carbocycles. The average molecular weight is 366 g/mol. The summed E-state index contributed by atoms with van der Waals surface area (Å²) in [5.74, 6) is 0.442. The quantitative estimate of drug-likeness (QED) is 0.655. The third-order valence-electron chi connectivity index (χ3n) is 3.65. The smallest absolute Gasteiger partial charge is 0.327 e. The van der Waals surface area contributed by atoms with Gasteiger partial charge >= 0.3 is 6.23 Å². The molecule has 7 heteroatoms. The van der Waals surface area contributed by atoms with Crippen molar-refractivity contribution in [2.75, 3.05) is 14.2 Å². The molecule has 2 aromatic rings. The van der Waals surface area contributed by atoms with Gasteiger partial charge in [-0.1, -0.05) is 29.8 Å². The largest absolute Gasteiger partial charge is 0.621 e. The summed E-state index contributed by atoms with van der Waals surface area (Å²) < 4.78 is 6.19. The second-order valence-corrected chi connectivity index (χ2v) is 5.47. The van der Waals surface area contributed by atoms with Crippen molar-refractivity contribution < 1.29 is 9.48 Å². The Kier molecular flexibility index (Phi) is 5.83. The topological polar surface area (TPSA) is 59.7 Å². The third kappa shape index (κ3) is 3.24. The number of fused-ring (bicyclic) bond motifs is 1. The summed E-state index contributed by atoms with van der Waals surface area (Å²) >= 11 is 6.14. The molecule has 1 atom stereocenters. The fourth-order valence-electron chi connectivity index (χ4n) is 2.59. The molecule has 3 rings (SSSR count). The Bertz CT molecular complexity index is 792. The van der Waals surface area contributed by atoms with Gasteiger partial charge in [-0.25, -0.2) is 4.99 Å². The second kappa shape index (κ2) is 7.66. The van der Waals surface area contributed by atoms with E-state index in [1.807, 2.05) is 30.3 Å². The van der Waals surface area contributed by atoms with Crippen LogP contribution in [0.2, 0.25) is 5.02 Å². The first-order valence-corrected chi connectivity index (χ1v) is 7.51. The number of hydroxylamine groups is 1. The van der Waals surface area contributed by atoms with Crippen LogP contribution in [0.3, 0.4) is 0 Å². The normalized spacial score (nSPS) is 16.6. The number of methoxy groups -OCH3 is 1. The van der Waals surface area contributed by atoms with E-state index >= 15 is 0 Å². The Morgan fingerprint density at radius 3 is 2.54 bits per heavy atom. The number of benzene rings is 2. The molecule has 0 saturated carbocycles. The van der Waals surface area contributed by atoms with Crippen LogP contribution in [0.5, 0.6) is 0 Å². The lowest BCUT2D eigenvalue weighted by Crippen LogP contribution is -2.41. The van der Waals surface area contributed by atoms with Crippen LogP contribution in [-0.4, -0.2) is 36.7 Å². The van der Waals surface area contributed by atoms with Gasteiger partial charge in [0.25, 0.3) is 0 Å². The van der Waals surface area contributed by atoms with Crippen LogP contribution in [0.15, 0.2) is 53.5 Å². The molecular formula is C17H17Cl2N3O2. The summed E-state index contributed by atoms with van der Waals surface area (Å²) in [6.07, 6.45) is -0.860. The molecule has 1 N–H and O–H groups in total. The number of hydrogen-bond donors (Lipinski definition) is 1. The number of rotatable bonds is 2. The van der Waals surface area contributed by atoms with Crippen LogP contribution < -0.4 is 5.32 Å². The zero-order chi connectivity index (χ0) is 16.4. The predicted molar refractivity (Wildman–Crippen MR) is 98.9 cm³/mol. The number of nitrogens with zero attached hydrogens (tertiary/aromatic N) is 2. The number of halogens is 2. The fourth-order valence-corrected chi connectivity index (χ4v) is 2.77. The molecule has 0 fully saturated rings. The Hall–Kier alpha value is -2.08. The molecule has 1 heterocycles. The molecular weight excluding hydrogens is 349 g/mol. The molecule has 0 spiro atoms. The number of nitrogens with one attached hydrogen (secondary N) is 1. The van der Waals surface area contributed by atoms with Crippen LogP contribution in [0.25, 0.3) is 0 Å². The minimum absolute atomic E-state index is 0. The summed E-state index contributed by atoms with van der Waals surface area (Å²) in [6.45, 7) is 0. The van der Waals surface area contributed by atoms with E-state index in [0.717, 1.165) is 10.3 Å². The van der Waals surface area contributed by atoms with Crippen LogP contribution in [0.4, 0.5) is 5.69 Å². The van der Waals surface area contributed by atoms with Crippen LogP contribution in [-0.2, 0) is 4.74 Å². The van der Waals surface area contributed by atoms with Crippen molar-refractivity contribution in [3.05, 3.63) is 69.9 Å². The number of aliphatic imine (C=N–C) groups is 1. The molecule has 0 bridgehead atoms. The molecule has 0 aromatic heterocycles. The Morgan fingerprint density at radius 1 is 1.21 bits per heavy atom. The van der Waals surface area contributed by atoms with E-state index in [1.165, 1.54) is 7.11 Å². The van der Waals surface area contributed by atoms with E-state index in [1.54, 1.807) is 25.2 Å². The number of hydrogen-bond acceptors (Lipinski definition) is 4. The summed E-state index contributed by atoms with van der Waals surface area (Å²) in [5.41, 5.74) is 2.59. The molecule has 1 aliphatic heterocycles. The van der Waals surface area contributed by atoms with Gasteiger partial charge in [-0.15, -0.1) is 12.4 Å². The standard InChI is InChI=1S/C17H16ClN3O2.ClH/c1-19-16-17(23-2)21(22)15(11-6-4-3-5-7-11)13-10-12(18)8-9-14(13)20-16;/h3-10,17H,1-2H3,(H,19,20);1H. The molecule has 5 nitrogen and oxygen atoms in total. The predicted octanol–water partition coefficient (Wildman–Crippen LogP) is 3.35. The minimum Gasteiger partial charge on any atom is -0.621 e. The van der Waals surface area contributed by atoms with Gasteiger partial charge in [0, 0.05) is 24.7 Å². The Labute approximate surface area is 151 Å². The summed E-state index contributed by atoms with van der Waals surface area (Å²) in [5, 5.41) is 16.5. The summed E-state index contributed by atoms with van der Waals surface area (Å²) in [4.78, 5) is 4.54. The van der Waals surface area contributed by atoms with E-state index in [0.29, 0.717) is 27.8 Å². The van der Waals surface area contributed by atoms with Gasteiger partial charge in [-0.3, -0.25) is 0 Å². The van der Waals surface area contributed by atoms with Crippen molar-refractivity contribution in [2.24, 2.45) is 4.99 Å². The molecule has 1 unspecified atom stereocenters. The molecule has 2 aromatic carbocycles. The number of likely N-dealkylation sites (N-methyl/N-ethyl adjacent to an activating group) is 1. The summed E-state index contributed by atoms with van der Waals surface area (Å²) in [6, 6.07) is 14.7. The highest BCUT2D eigenvalue weighted by Gasteiger charge is 2.32. The van der Waals surface area contributed by atoms with E-state index in [-0.39, 0.29) is 12.4 Å². The minimum atomic E-state index is -0.860. The van der Waals surface area contributed by atoms with Crippen LogP contribution in [0.1, 0.15) is 11.1 Å². The zero-order valence-electron chi connectivity index (χ0n) is 13.2. The molecule has 24 heavy (non-hydrogen) atoms. The molecule has 0 amide bonds. The van der Waals surface area contributed by atoms with E-state index in [4.69, 9.17) is 16.3 Å². The van der Waals surface area contributed by atoms with Gasteiger partial charge in [0.15, 0.2) is 0 Å². The van der Waals surface area contributed by atoms with Gasteiger partial charge in [0.1, 0.15) is 0 Å². The zero-order valence-corrected chi connectivity index (χ0v) is 14.8. The maximum absolute atomic E-state index is 13.0. The molecule has 1 aliphatic rings. The lowest BCUT2D eigenvalue weighted by Gasteiger charge is -2.18. The van der Waals surface area contributed by atoms with Crippen molar-refractivity contribution in [1.29, 1.82) is 0 Å². The van der Waals surface area contributed by atoms with E-state index in [9.17, 15) is 5.21 Å². The highest BCUT2D eigenvalue weighted by molar-refractivity contribution is 6.31.